The molecule has 1 atom stereocenters. The smallest absolute Gasteiger partial charge is 0.261 e. The first-order chi connectivity index (χ1) is 11.9. The van der Waals surface area contributed by atoms with Crippen LogP contribution in [-0.4, -0.2) is 27.9 Å². The van der Waals surface area contributed by atoms with E-state index in [0.717, 1.165) is 13.1 Å². The molecule has 0 radical (unpaired) electrons. The largest absolute Gasteiger partial charge is 0.315 e. The number of rotatable bonds is 6. The second kappa shape index (κ2) is 7.09. The molecule has 1 aliphatic rings. The molecular formula is C18H20F2N2O2S. The molecule has 0 bridgehead atoms. The Morgan fingerprint density at radius 3 is 2.12 bits per heavy atom. The van der Waals surface area contributed by atoms with Gasteiger partial charge in [0.05, 0.1) is 4.90 Å². The number of nitrogens with one attached hydrogen (secondary N) is 2. The molecule has 0 amide bonds. The van der Waals surface area contributed by atoms with Crippen molar-refractivity contribution in [2.75, 3.05) is 17.8 Å². The molecule has 0 aromatic heterocycles. The van der Waals surface area contributed by atoms with E-state index >= 15 is 0 Å². The number of sulfonamides is 1. The van der Waals surface area contributed by atoms with Crippen molar-refractivity contribution in [1.82, 2.24) is 5.32 Å². The number of hydrogen-bond acceptors (Lipinski definition) is 3. The summed E-state index contributed by atoms with van der Waals surface area (Å²) in [6, 6.07) is 12.9. The maximum Gasteiger partial charge on any atom is 0.261 e. The number of hydrogen-bond donors (Lipinski definition) is 2. The van der Waals surface area contributed by atoms with Crippen molar-refractivity contribution in [3.8, 4) is 0 Å². The minimum absolute atomic E-state index is 0.0463. The summed E-state index contributed by atoms with van der Waals surface area (Å²) in [4.78, 5) is 0.0463. The Bertz CT molecular complexity index is 817. The first-order valence-corrected chi connectivity index (χ1v) is 9.57. The van der Waals surface area contributed by atoms with Crippen LogP contribution in [0.5, 0.6) is 0 Å². The zero-order valence-corrected chi connectivity index (χ0v) is 14.6. The number of halogens is 2. The SMILES string of the molecule is CC(c1ccc(S(=O)(=O)Nc2ccc(C3CNC3)cc2)cc1)C(F)F. The van der Waals surface area contributed by atoms with Crippen LogP contribution >= 0.6 is 0 Å². The third-order valence-corrected chi connectivity index (χ3v) is 5.91. The minimum atomic E-state index is -3.75. The first-order valence-electron chi connectivity index (χ1n) is 8.08. The average molecular weight is 366 g/mol. The molecule has 7 heteroatoms. The molecular weight excluding hydrogens is 346 g/mol. The van der Waals surface area contributed by atoms with Gasteiger partial charge in [0.1, 0.15) is 0 Å². The molecule has 4 nitrogen and oxygen atoms in total. The van der Waals surface area contributed by atoms with Crippen LogP contribution in [0.3, 0.4) is 0 Å². The fourth-order valence-corrected chi connectivity index (χ4v) is 3.72. The van der Waals surface area contributed by atoms with Gasteiger partial charge < -0.3 is 5.32 Å². The van der Waals surface area contributed by atoms with Crippen molar-refractivity contribution in [1.29, 1.82) is 0 Å². The number of anilines is 1. The molecule has 1 fully saturated rings. The van der Waals surface area contributed by atoms with Crippen molar-refractivity contribution in [3.63, 3.8) is 0 Å². The maximum absolute atomic E-state index is 12.7. The van der Waals surface area contributed by atoms with E-state index in [4.69, 9.17) is 0 Å². The van der Waals surface area contributed by atoms with E-state index in [1.54, 1.807) is 12.1 Å². The lowest BCUT2D eigenvalue weighted by Crippen LogP contribution is -2.39. The molecule has 1 heterocycles. The van der Waals surface area contributed by atoms with E-state index in [1.165, 1.54) is 36.8 Å². The fourth-order valence-electron chi connectivity index (χ4n) is 2.66. The maximum atomic E-state index is 12.7. The van der Waals surface area contributed by atoms with Gasteiger partial charge in [0.25, 0.3) is 10.0 Å². The molecule has 1 unspecified atom stereocenters. The van der Waals surface area contributed by atoms with Crippen molar-refractivity contribution in [3.05, 3.63) is 59.7 Å². The van der Waals surface area contributed by atoms with Gasteiger partial charge in [-0.3, -0.25) is 4.72 Å². The standard InChI is InChI=1S/C18H20F2N2O2S/c1-12(18(19)20)13-4-8-17(9-5-13)25(23,24)22-16-6-2-14(3-7-16)15-10-21-11-15/h2-9,12,15,18,21-22H,10-11H2,1H3. The van der Waals surface area contributed by atoms with Crippen LogP contribution in [0.4, 0.5) is 14.5 Å². The Kier molecular flexibility index (Phi) is 5.06. The Hall–Kier alpha value is -1.99. The third kappa shape index (κ3) is 3.99. The molecule has 134 valence electrons. The van der Waals surface area contributed by atoms with Crippen LogP contribution in [0.2, 0.25) is 0 Å². The Labute approximate surface area is 146 Å². The van der Waals surface area contributed by atoms with Gasteiger partial charge in [-0.2, -0.15) is 0 Å². The van der Waals surface area contributed by atoms with E-state index in [0.29, 0.717) is 17.2 Å². The van der Waals surface area contributed by atoms with Gasteiger partial charge in [-0.1, -0.05) is 31.2 Å². The van der Waals surface area contributed by atoms with Gasteiger partial charge >= 0.3 is 0 Å². The van der Waals surface area contributed by atoms with Gasteiger partial charge in [0, 0.05) is 30.6 Å². The Morgan fingerprint density at radius 1 is 1.04 bits per heavy atom. The second-order valence-electron chi connectivity index (χ2n) is 6.27. The van der Waals surface area contributed by atoms with E-state index in [9.17, 15) is 17.2 Å². The van der Waals surface area contributed by atoms with Gasteiger partial charge in [0.2, 0.25) is 6.43 Å². The molecule has 1 aliphatic heterocycles. The summed E-state index contributed by atoms with van der Waals surface area (Å²) in [5, 5.41) is 3.19. The topological polar surface area (TPSA) is 58.2 Å². The molecule has 0 aliphatic carbocycles. The quantitative estimate of drug-likeness (QED) is 0.822. The summed E-state index contributed by atoms with van der Waals surface area (Å²) in [5.41, 5.74) is 2.06. The molecule has 0 spiro atoms. The summed E-state index contributed by atoms with van der Waals surface area (Å²) in [7, 11) is -3.75. The molecule has 1 saturated heterocycles. The van der Waals surface area contributed by atoms with Crippen LogP contribution in [-0.2, 0) is 10.0 Å². The Balaban J connectivity index is 1.72. The van der Waals surface area contributed by atoms with E-state index in [-0.39, 0.29) is 4.90 Å². The molecule has 0 saturated carbocycles. The normalized spacial score (nSPS) is 16.5. The van der Waals surface area contributed by atoms with Crippen molar-refractivity contribution >= 4 is 15.7 Å². The third-order valence-electron chi connectivity index (χ3n) is 4.51. The summed E-state index contributed by atoms with van der Waals surface area (Å²) < 4.78 is 52.8. The van der Waals surface area contributed by atoms with Crippen molar-refractivity contribution in [2.24, 2.45) is 0 Å². The van der Waals surface area contributed by atoms with E-state index < -0.39 is 22.4 Å². The van der Waals surface area contributed by atoms with Crippen LogP contribution < -0.4 is 10.0 Å². The molecule has 25 heavy (non-hydrogen) atoms. The minimum Gasteiger partial charge on any atom is -0.315 e. The number of benzene rings is 2. The summed E-state index contributed by atoms with van der Waals surface area (Å²) >= 11 is 0. The Morgan fingerprint density at radius 2 is 1.64 bits per heavy atom. The highest BCUT2D eigenvalue weighted by molar-refractivity contribution is 7.92. The zero-order chi connectivity index (χ0) is 18.0. The van der Waals surface area contributed by atoms with Gasteiger partial charge in [-0.15, -0.1) is 0 Å². The van der Waals surface area contributed by atoms with Crippen molar-refractivity contribution < 1.29 is 17.2 Å². The predicted octanol–water partition coefficient (Wildman–Crippen LogP) is 3.54. The first kappa shape index (κ1) is 17.8. The highest BCUT2D eigenvalue weighted by Gasteiger charge is 2.20. The molecule has 2 aromatic rings. The van der Waals surface area contributed by atoms with E-state index in [1.807, 2.05) is 12.1 Å². The lowest BCUT2D eigenvalue weighted by molar-refractivity contribution is 0.121. The molecule has 3 rings (SSSR count). The highest BCUT2D eigenvalue weighted by Crippen LogP contribution is 2.25. The van der Waals surface area contributed by atoms with Crippen LogP contribution in [0.15, 0.2) is 53.4 Å². The van der Waals surface area contributed by atoms with Gasteiger partial charge in [-0.25, -0.2) is 17.2 Å². The molecule has 2 N–H and O–H groups in total. The average Bonchev–Trinajstić information content (AvgIpc) is 2.54. The van der Waals surface area contributed by atoms with E-state index in [2.05, 4.69) is 10.0 Å². The monoisotopic (exact) mass is 366 g/mol. The fraction of sp³-hybridized carbons (Fsp3) is 0.333. The zero-order valence-electron chi connectivity index (χ0n) is 13.7. The summed E-state index contributed by atoms with van der Waals surface area (Å²) in [6.07, 6.45) is -2.48. The lowest BCUT2D eigenvalue weighted by atomic mass is 9.94. The summed E-state index contributed by atoms with van der Waals surface area (Å²) in [6.45, 7) is 3.29. The van der Waals surface area contributed by atoms with Crippen LogP contribution in [0.25, 0.3) is 0 Å². The lowest BCUT2D eigenvalue weighted by Gasteiger charge is -2.27. The summed E-state index contributed by atoms with van der Waals surface area (Å²) in [5.74, 6) is -0.451. The highest BCUT2D eigenvalue weighted by atomic mass is 32.2. The van der Waals surface area contributed by atoms with Crippen molar-refractivity contribution in [2.45, 2.75) is 30.1 Å². The van der Waals surface area contributed by atoms with Crippen LogP contribution in [0.1, 0.15) is 29.9 Å². The molecule has 2 aromatic carbocycles. The number of alkyl halides is 2. The second-order valence-corrected chi connectivity index (χ2v) is 7.96. The van der Waals surface area contributed by atoms with Gasteiger partial charge in [0.15, 0.2) is 0 Å². The predicted molar refractivity (Wildman–Crippen MR) is 93.7 cm³/mol. The van der Waals surface area contributed by atoms with Gasteiger partial charge in [-0.05, 0) is 35.4 Å². The van der Waals surface area contributed by atoms with Crippen LogP contribution in [0, 0.1) is 0 Å².